The molecule has 1 aliphatic carbocycles. The molecule has 0 aromatic carbocycles. The number of carbonyl (C=O) groups is 2. The van der Waals surface area contributed by atoms with Crippen LogP contribution in [0.15, 0.2) is 0 Å². The van der Waals surface area contributed by atoms with E-state index in [1.807, 2.05) is 0 Å². The molecule has 2 heterocycles. The number of alkyl halides is 3. The van der Waals surface area contributed by atoms with E-state index in [1.54, 1.807) is 14.0 Å². The first-order valence-electron chi connectivity index (χ1n) is 8.10. The molecule has 23 heavy (non-hydrogen) atoms. The minimum absolute atomic E-state index is 0.104. The number of urea groups is 1. The molecule has 8 heteroatoms. The highest BCUT2D eigenvalue weighted by molar-refractivity contribution is 6.04. The zero-order valence-electron chi connectivity index (χ0n) is 13.3. The summed E-state index contributed by atoms with van der Waals surface area (Å²) in [6.07, 6.45) is -2.45. The highest BCUT2D eigenvalue weighted by Crippen LogP contribution is 2.38. The van der Waals surface area contributed by atoms with Crippen molar-refractivity contribution in [1.29, 1.82) is 0 Å². The number of carbonyl (C=O) groups excluding carboxylic acids is 2. The summed E-state index contributed by atoms with van der Waals surface area (Å²) in [6, 6.07) is -0.602. The Hall–Kier alpha value is -1.31. The van der Waals surface area contributed by atoms with E-state index in [0.717, 1.165) is 0 Å². The second kappa shape index (κ2) is 5.65. The van der Waals surface area contributed by atoms with Gasteiger partial charge in [0.15, 0.2) is 0 Å². The molecule has 3 amide bonds. The largest absolute Gasteiger partial charge is 0.391 e. The van der Waals surface area contributed by atoms with E-state index in [4.69, 9.17) is 0 Å². The average molecular weight is 333 g/mol. The monoisotopic (exact) mass is 333 g/mol. The molecule has 2 aliphatic heterocycles. The number of nitrogens with zero attached hydrogens (tertiary/aromatic N) is 3. The number of rotatable bonds is 2. The van der Waals surface area contributed by atoms with Crippen molar-refractivity contribution >= 4 is 11.9 Å². The van der Waals surface area contributed by atoms with Gasteiger partial charge in [-0.2, -0.15) is 13.2 Å². The van der Waals surface area contributed by atoms with Crippen LogP contribution in [0.3, 0.4) is 0 Å². The van der Waals surface area contributed by atoms with E-state index in [0.29, 0.717) is 25.9 Å². The number of halogens is 3. The van der Waals surface area contributed by atoms with E-state index in [2.05, 4.69) is 4.90 Å². The summed E-state index contributed by atoms with van der Waals surface area (Å²) in [4.78, 5) is 29.1. The Morgan fingerprint density at radius 2 is 1.61 bits per heavy atom. The molecule has 3 aliphatic rings. The maximum absolute atomic E-state index is 12.7. The third-order valence-electron chi connectivity index (χ3n) is 5.65. The molecule has 130 valence electrons. The molecule has 0 N–H and O–H groups in total. The molecule has 1 saturated carbocycles. The van der Waals surface area contributed by atoms with Gasteiger partial charge in [-0.15, -0.1) is 0 Å². The predicted molar refractivity (Wildman–Crippen MR) is 76.6 cm³/mol. The summed E-state index contributed by atoms with van der Waals surface area (Å²) < 4.78 is 38.1. The SMILES string of the molecule is CC1C(=O)N(C2CC(N3CCC(C(F)(F)F)CC3)C2)C(=O)N1C. The van der Waals surface area contributed by atoms with Gasteiger partial charge in [-0.1, -0.05) is 0 Å². The molecule has 1 unspecified atom stereocenters. The maximum Gasteiger partial charge on any atom is 0.391 e. The maximum atomic E-state index is 12.7. The molecule has 0 aromatic rings. The summed E-state index contributed by atoms with van der Waals surface area (Å²) in [5.74, 6) is -1.36. The molecule has 0 spiro atoms. The standard InChI is InChI=1S/C15H22F3N3O2/c1-9-13(22)21(14(23)19(9)2)12-7-11(8-12)20-5-3-10(4-6-20)15(16,17)18/h9-12H,3-8H2,1-2H3. The predicted octanol–water partition coefficient (Wildman–Crippen LogP) is 2.07. The van der Waals surface area contributed by atoms with Gasteiger partial charge < -0.3 is 9.80 Å². The summed E-state index contributed by atoms with van der Waals surface area (Å²) in [5.41, 5.74) is 0. The summed E-state index contributed by atoms with van der Waals surface area (Å²) in [6.45, 7) is 2.60. The molecule has 2 saturated heterocycles. The lowest BCUT2D eigenvalue weighted by Gasteiger charge is -2.47. The zero-order valence-corrected chi connectivity index (χ0v) is 13.3. The Bertz CT molecular complexity index is 477. The van der Waals surface area contributed by atoms with Crippen LogP contribution in [0.25, 0.3) is 0 Å². The molecule has 0 bridgehead atoms. The van der Waals surface area contributed by atoms with Crippen molar-refractivity contribution in [2.24, 2.45) is 5.92 Å². The van der Waals surface area contributed by atoms with Gasteiger partial charge in [0.05, 0.1) is 5.92 Å². The first-order chi connectivity index (χ1) is 10.7. The fraction of sp³-hybridized carbons (Fsp3) is 0.867. The molecule has 3 rings (SSSR count). The number of piperidine rings is 1. The van der Waals surface area contributed by atoms with Gasteiger partial charge >= 0.3 is 12.2 Å². The fourth-order valence-corrected chi connectivity index (χ4v) is 3.79. The van der Waals surface area contributed by atoms with Gasteiger partial charge in [0.25, 0.3) is 5.91 Å². The first kappa shape index (κ1) is 16.5. The summed E-state index contributed by atoms with van der Waals surface area (Å²) >= 11 is 0. The van der Waals surface area contributed by atoms with Crippen LogP contribution >= 0.6 is 0 Å². The Morgan fingerprint density at radius 1 is 1.04 bits per heavy atom. The molecular weight excluding hydrogens is 311 g/mol. The van der Waals surface area contributed by atoms with E-state index in [1.165, 1.54) is 9.80 Å². The molecule has 3 fully saturated rings. The lowest BCUT2D eigenvalue weighted by Crippen LogP contribution is -2.57. The Labute approximate surface area is 133 Å². The summed E-state index contributed by atoms with van der Waals surface area (Å²) in [7, 11) is 1.61. The highest BCUT2D eigenvalue weighted by atomic mass is 19.4. The topological polar surface area (TPSA) is 43.9 Å². The number of amides is 3. The smallest absolute Gasteiger partial charge is 0.316 e. The molecule has 1 atom stereocenters. The van der Waals surface area contributed by atoms with Crippen LogP contribution in [0, 0.1) is 5.92 Å². The van der Waals surface area contributed by atoms with Crippen molar-refractivity contribution in [2.45, 2.75) is 56.9 Å². The van der Waals surface area contributed by atoms with Crippen molar-refractivity contribution in [3.05, 3.63) is 0 Å². The second-order valence-corrected chi connectivity index (χ2v) is 6.91. The van der Waals surface area contributed by atoms with Crippen molar-refractivity contribution < 1.29 is 22.8 Å². The van der Waals surface area contributed by atoms with Crippen molar-refractivity contribution in [2.75, 3.05) is 20.1 Å². The molecule has 5 nitrogen and oxygen atoms in total. The Morgan fingerprint density at radius 3 is 2.04 bits per heavy atom. The minimum atomic E-state index is -4.09. The third kappa shape index (κ3) is 2.81. The van der Waals surface area contributed by atoms with E-state index >= 15 is 0 Å². The van der Waals surface area contributed by atoms with Gasteiger partial charge in [-0.05, 0) is 45.7 Å². The van der Waals surface area contributed by atoms with Gasteiger partial charge in [-0.3, -0.25) is 9.69 Å². The van der Waals surface area contributed by atoms with Crippen molar-refractivity contribution in [1.82, 2.24) is 14.7 Å². The normalized spacial score (nSPS) is 34.2. The van der Waals surface area contributed by atoms with Crippen molar-refractivity contribution in [3.8, 4) is 0 Å². The third-order valence-corrected chi connectivity index (χ3v) is 5.65. The van der Waals surface area contributed by atoms with Crippen LogP contribution in [0.5, 0.6) is 0 Å². The summed E-state index contributed by atoms with van der Waals surface area (Å²) in [5, 5.41) is 0. The van der Waals surface area contributed by atoms with Crippen molar-refractivity contribution in [3.63, 3.8) is 0 Å². The van der Waals surface area contributed by atoms with E-state index < -0.39 is 18.1 Å². The minimum Gasteiger partial charge on any atom is -0.316 e. The van der Waals surface area contributed by atoms with Crippen LogP contribution in [-0.4, -0.2) is 71.1 Å². The van der Waals surface area contributed by atoms with Gasteiger partial charge in [-0.25, -0.2) is 4.79 Å². The quantitative estimate of drug-likeness (QED) is 0.727. The number of hydrogen-bond donors (Lipinski definition) is 0. The Balaban J connectivity index is 1.51. The fourth-order valence-electron chi connectivity index (χ4n) is 3.79. The second-order valence-electron chi connectivity index (χ2n) is 6.91. The molecule has 0 radical (unpaired) electrons. The number of likely N-dealkylation sites (tertiary alicyclic amines) is 1. The molecule has 0 aromatic heterocycles. The van der Waals surface area contributed by atoms with Crippen LogP contribution in [0.1, 0.15) is 32.6 Å². The zero-order chi connectivity index (χ0) is 16.9. The van der Waals surface area contributed by atoms with Crippen LogP contribution in [0.4, 0.5) is 18.0 Å². The van der Waals surface area contributed by atoms with E-state index in [9.17, 15) is 22.8 Å². The van der Waals surface area contributed by atoms with E-state index in [-0.39, 0.29) is 36.9 Å². The Kier molecular flexibility index (Phi) is 4.06. The van der Waals surface area contributed by atoms with Gasteiger partial charge in [0, 0.05) is 19.1 Å². The molecular formula is C15H22F3N3O2. The highest BCUT2D eigenvalue weighted by Gasteiger charge is 2.50. The number of hydrogen-bond acceptors (Lipinski definition) is 3. The first-order valence-corrected chi connectivity index (χ1v) is 8.10. The lowest BCUT2D eigenvalue weighted by atomic mass is 9.82. The van der Waals surface area contributed by atoms with Crippen LogP contribution in [0.2, 0.25) is 0 Å². The average Bonchev–Trinajstić information content (AvgIpc) is 2.63. The van der Waals surface area contributed by atoms with Gasteiger partial charge in [0.2, 0.25) is 0 Å². The number of imide groups is 1. The van der Waals surface area contributed by atoms with Gasteiger partial charge in [0.1, 0.15) is 6.04 Å². The van der Waals surface area contributed by atoms with Crippen LogP contribution in [-0.2, 0) is 4.79 Å². The lowest BCUT2D eigenvalue weighted by molar-refractivity contribution is -0.187. The van der Waals surface area contributed by atoms with Crippen LogP contribution < -0.4 is 0 Å². The number of likely N-dealkylation sites (N-methyl/N-ethyl adjacent to an activating group) is 1.